The fourth-order valence-electron chi connectivity index (χ4n) is 4.86. The van der Waals surface area contributed by atoms with Crippen molar-refractivity contribution in [1.29, 1.82) is 0 Å². The lowest BCUT2D eigenvalue weighted by atomic mass is 10.0. The van der Waals surface area contributed by atoms with Crippen molar-refractivity contribution in [2.45, 2.75) is 44.8 Å². The predicted octanol–water partition coefficient (Wildman–Crippen LogP) is 0.552. The van der Waals surface area contributed by atoms with Gasteiger partial charge in [0.05, 0.1) is 17.1 Å². The number of aryl methyl sites for hydroxylation is 2. The third-order valence-electron chi connectivity index (χ3n) is 6.26. The Balaban J connectivity index is 1.72. The van der Waals surface area contributed by atoms with Crippen LogP contribution in [0.25, 0.3) is 11.0 Å². The fourth-order valence-corrected chi connectivity index (χ4v) is 4.86. The minimum atomic E-state index is -0.594. The van der Waals surface area contributed by atoms with E-state index < -0.39 is 11.2 Å². The summed E-state index contributed by atoms with van der Waals surface area (Å²) in [6.07, 6.45) is 3.15. The van der Waals surface area contributed by atoms with Crippen molar-refractivity contribution >= 4 is 16.9 Å². The number of rotatable bonds is 2. The number of hydrogen-bond donors (Lipinski definition) is 2. The van der Waals surface area contributed by atoms with E-state index in [9.17, 15) is 19.5 Å². The van der Waals surface area contributed by atoms with E-state index in [0.717, 1.165) is 25.7 Å². The lowest BCUT2D eigenvalue weighted by molar-refractivity contribution is 0.0724. The normalized spacial score (nSPS) is 27.1. The van der Waals surface area contributed by atoms with Crippen LogP contribution in [-0.4, -0.2) is 49.6 Å². The van der Waals surface area contributed by atoms with Crippen LogP contribution >= 0.6 is 0 Å². The van der Waals surface area contributed by atoms with E-state index in [2.05, 4.69) is 9.97 Å². The topological polar surface area (TPSA) is 108 Å². The fraction of sp³-hybridized carbons (Fsp3) is 0.579. The lowest BCUT2D eigenvalue weighted by Crippen LogP contribution is -2.37. The van der Waals surface area contributed by atoms with Crippen molar-refractivity contribution in [3.8, 4) is 0 Å². The number of aliphatic hydroxyl groups is 1. The number of fused-ring (bicyclic) bond motifs is 2. The SMILES string of the molecule is Cc1cc(C(=O)N(C)C2C[C@H]3CC(O)C[C@H]3C2)c2c(=O)[nH]c(=O)n(C)c2n1. The van der Waals surface area contributed by atoms with Gasteiger partial charge in [0.25, 0.3) is 11.5 Å². The van der Waals surface area contributed by atoms with Crippen LogP contribution in [0.1, 0.15) is 41.7 Å². The van der Waals surface area contributed by atoms with Crippen molar-refractivity contribution in [2.75, 3.05) is 7.05 Å². The maximum Gasteiger partial charge on any atom is 0.329 e. The molecule has 2 saturated carbocycles. The number of aromatic nitrogens is 3. The Bertz CT molecular complexity index is 1030. The minimum Gasteiger partial charge on any atom is -0.393 e. The summed E-state index contributed by atoms with van der Waals surface area (Å²) in [5.74, 6) is 0.681. The van der Waals surface area contributed by atoms with Gasteiger partial charge in [-0.05, 0) is 50.5 Å². The van der Waals surface area contributed by atoms with Crippen molar-refractivity contribution in [1.82, 2.24) is 19.4 Å². The van der Waals surface area contributed by atoms with Crippen LogP contribution in [0.5, 0.6) is 0 Å². The molecule has 2 fully saturated rings. The van der Waals surface area contributed by atoms with E-state index in [0.29, 0.717) is 17.5 Å². The number of pyridine rings is 1. The van der Waals surface area contributed by atoms with Crippen molar-refractivity contribution in [3.63, 3.8) is 0 Å². The molecule has 2 unspecified atom stereocenters. The van der Waals surface area contributed by atoms with E-state index in [4.69, 9.17) is 0 Å². The zero-order valence-electron chi connectivity index (χ0n) is 15.7. The summed E-state index contributed by atoms with van der Waals surface area (Å²) in [7, 11) is 3.29. The first-order valence-electron chi connectivity index (χ1n) is 9.32. The molecule has 8 heteroatoms. The van der Waals surface area contributed by atoms with Crippen LogP contribution in [0, 0.1) is 18.8 Å². The molecule has 0 spiro atoms. The molecular weight excluding hydrogens is 348 g/mol. The van der Waals surface area contributed by atoms with Gasteiger partial charge in [-0.1, -0.05) is 0 Å². The van der Waals surface area contributed by atoms with E-state index in [1.54, 1.807) is 24.9 Å². The summed E-state index contributed by atoms with van der Waals surface area (Å²) < 4.78 is 1.25. The van der Waals surface area contributed by atoms with Crippen LogP contribution in [0.3, 0.4) is 0 Å². The lowest BCUT2D eigenvalue weighted by Gasteiger charge is -2.26. The minimum absolute atomic E-state index is 0.0927. The Hall–Kier alpha value is -2.48. The molecule has 4 atom stereocenters. The summed E-state index contributed by atoms with van der Waals surface area (Å²) in [5, 5.41) is 9.97. The van der Waals surface area contributed by atoms with Gasteiger partial charge in [-0.2, -0.15) is 0 Å². The van der Waals surface area contributed by atoms with Crippen molar-refractivity contribution < 1.29 is 9.90 Å². The third kappa shape index (κ3) is 2.88. The van der Waals surface area contributed by atoms with Gasteiger partial charge in [-0.3, -0.25) is 19.1 Å². The molecule has 2 aliphatic rings. The number of carbonyl (C=O) groups excluding carboxylic acids is 1. The first-order chi connectivity index (χ1) is 12.8. The number of aromatic amines is 1. The maximum atomic E-state index is 13.2. The molecule has 0 saturated heterocycles. The highest BCUT2D eigenvalue weighted by Crippen LogP contribution is 2.45. The van der Waals surface area contributed by atoms with Crippen LogP contribution in [0.15, 0.2) is 15.7 Å². The molecule has 2 heterocycles. The van der Waals surface area contributed by atoms with Gasteiger partial charge in [0, 0.05) is 25.8 Å². The molecule has 8 nitrogen and oxygen atoms in total. The monoisotopic (exact) mass is 372 g/mol. The van der Waals surface area contributed by atoms with Gasteiger partial charge in [-0.25, -0.2) is 9.78 Å². The van der Waals surface area contributed by atoms with Gasteiger partial charge < -0.3 is 10.0 Å². The van der Waals surface area contributed by atoms with Crippen LogP contribution in [0.4, 0.5) is 0 Å². The highest BCUT2D eigenvalue weighted by Gasteiger charge is 2.43. The van der Waals surface area contributed by atoms with Gasteiger partial charge in [0.1, 0.15) is 5.65 Å². The Kier molecular flexibility index (Phi) is 4.18. The summed E-state index contributed by atoms with van der Waals surface area (Å²) in [6.45, 7) is 1.74. The molecule has 27 heavy (non-hydrogen) atoms. The molecule has 0 aromatic carbocycles. The highest BCUT2D eigenvalue weighted by molar-refractivity contribution is 6.05. The Morgan fingerprint density at radius 1 is 1.26 bits per heavy atom. The Labute approximate surface area is 155 Å². The number of amides is 1. The molecule has 144 valence electrons. The van der Waals surface area contributed by atoms with E-state index in [1.807, 2.05) is 0 Å². The second kappa shape index (κ2) is 6.30. The summed E-state index contributed by atoms with van der Waals surface area (Å²) in [4.78, 5) is 45.8. The van der Waals surface area contributed by atoms with Crippen LogP contribution in [0.2, 0.25) is 0 Å². The highest BCUT2D eigenvalue weighted by atomic mass is 16.3. The van der Waals surface area contributed by atoms with Crippen molar-refractivity contribution in [2.24, 2.45) is 18.9 Å². The second-order valence-corrected chi connectivity index (χ2v) is 8.01. The van der Waals surface area contributed by atoms with Gasteiger partial charge in [-0.15, -0.1) is 0 Å². The number of nitrogens with zero attached hydrogens (tertiary/aromatic N) is 3. The molecule has 1 amide bonds. The quantitative estimate of drug-likeness (QED) is 0.800. The molecule has 2 N–H and O–H groups in total. The Morgan fingerprint density at radius 2 is 1.89 bits per heavy atom. The van der Waals surface area contributed by atoms with Gasteiger partial charge >= 0.3 is 5.69 Å². The second-order valence-electron chi connectivity index (χ2n) is 8.01. The maximum absolute atomic E-state index is 13.2. The average molecular weight is 372 g/mol. The standard InChI is InChI=1S/C19H24N4O4/c1-9-4-14(15-16(20-9)23(3)19(27)21-17(15)25)18(26)22(2)12-5-10-7-13(24)8-11(10)6-12/h4,10-13,24H,5-8H2,1-3H3,(H,21,25,27)/t10-,11+,12?,13?. The number of aliphatic hydroxyl groups excluding tert-OH is 1. The molecule has 0 bridgehead atoms. The Morgan fingerprint density at radius 3 is 2.52 bits per heavy atom. The molecule has 0 aliphatic heterocycles. The zero-order valence-corrected chi connectivity index (χ0v) is 15.7. The first kappa shape index (κ1) is 17.9. The van der Waals surface area contributed by atoms with Crippen LogP contribution in [-0.2, 0) is 7.05 Å². The number of H-pyrrole nitrogens is 1. The molecule has 0 radical (unpaired) electrons. The van der Waals surface area contributed by atoms with Crippen molar-refractivity contribution in [3.05, 3.63) is 38.2 Å². The summed E-state index contributed by atoms with van der Waals surface area (Å²) in [6, 6.07) is 1.70. The largest absolute Gasteiger partial charge is 0.393 e. The average Bonchev–Trinajstić information content (AvgIpc) is 3.14. The summed E-state index contributed by atoms with van der Waals surface area (Å²) >= 11 is 0. The molecule has 2 aromatic rings. The predicted molar refractivity (Wildman–Crippen MR) is 99.7 cm³/mol. The summed E-state index contributed by atoms with van der Waals surface area (Å²) in [5.41, 5.74) is -0.0876. The molecular formula is C19H24N4O4. The van der Waals surface area contributed by atoms with E-state index >= 15 is 0 Å². The van der Waals surface area contributed by atoms with Gasteiger partial charge in [0.2, 0.25) is 0 Å². The molecule has 2 aromatic heterocycles. The molecule has 2 aliphatic carbocycles. The number of nitrogens with one attached hydrogen (secondary N) is 1. The van der Waals surface area contributed by atoms with E-state index in [-0.39, 0.29) is 34.6 Å². The third-order valence-corrected chi connectivity index (χ3v) is 6.26. The smallest absolute Gasteiger partial charge is 0.329 e. The molecule has 4 rings (SSSR count). The zero-order chi connectivity index (χ0) is 19.5. The van der Waals surface area contributed by atoms with Gasteiger partial charge in [0.15, 0.2) is 0 Å². The first-order valence-corrected chi connectivity index (χ1v) is 9.32. The number of carbonyl (C=O) groups is 1. The number of hydrogen-bond acceptors (Lipinski definition) is 5. The van der Waals surface area contributed by atoms with Crippen LogP contribution < -0.4 is 11.2 Å². The van der Waals surface area contributed by atoms with E-state index in [1.165, 1.54) is 11.6 Å².